The van der Waals surface area contributed by atoms with E-state index in [0.717, 1.165) is 18.5 Å². The summed E-state index contributed by atoms with van der Waals surface area (Å²) in [6.45, 7) is 3.60. The summed E-state index contributed by atoms with van der Waals surface area (Å²) in [6.07, 6.45) is 3.90. The van der Waals surface area contributed by atoms with Crippen molar-refractivity contribution >= 4 is 27.9 Å². The molecular weight excluding hydrogens is 456 g/mol. The molecule has 0 aliphatic rings. The highest BCUT2D eigenvalue weighted by Gasteiger charge is 2.19. The van der Waals surface area contributed by atoms with Gasteiger partial charge in [-0.3, -0.25) is 9.36 Å². The predicted molar refractivity (Wildman–Crippen MR) is 140 cm³/mol. The number of aromatic nitrogens is 6. The molecule has 0 fully saturated rings. The number of imidazole rings is 1. The van der Waals surface area contributed by atoms with Crippen LogP contribution in [0.5, 0.6) is 5.75 Å². The lowest BCUT2D eigenvalue weighted by Crippen LogP contribution is -2.26. The molecular formula is C26H28N8O2. The number of benzene rings is 2. The van der Waals surface area contributed by atoms with E-state index in [-0.39, 0.29) is 12.1 Å². The number of nitrogen functional groups attached to an aromatic ring is 1. The van der Waals surface area contributed by atoms with Gasteiger partial charge in [0.2, 0.25) is 0 Å². The van der Waals surface area contributed by atoms with Crippen molar-refractivity contribution in [2.75, 3.05) is 33.0 Å². The average Bonchev–Trinajstić information content (AvgIpc) is 3.26. The third kappa shape index (κ3) is 4.38. The van der Waals surface area contributed by atoms with E-state index in [0.29, 0.717) is 51.8 Å². The molecule has 2 aromatic carbocycles. The second-order valence-electron chi connectivity index (χ2n) is 8.91. The Morgan fingerprint density at radius 2 is 1.89 bits per heavy atom. The molecule has 0 radical (unpaired) electrons. The zero-order chi connectivity index (χ0) is 25.2. The van der Waals surface area contributed by atoms with Crippen LogP contribution in [0.4, 0.5) is 5.82 Å². The molecule has 0 unspecified atom stereocenters. The van der Waals surface area contributed by atoms with Crippen LogP contribution in [0.2, 0.25) is 0 Å². The second kappa shape index (κ2) is 9.74. The van der Waals surface area contributed by atoms with Gasteiger partial charge in [0.05, 0.1) is 36.1 Å². The highest BCUT2D eigenvalue weighted by atomic mass is 16.5. The third-order valence-electron chi connectivity index (χ3n) is 6.03. The first-order valence-corrected chi connectivity index (χ1v) is 11.7. The molecule has 0 saturated heterocycles. The summed E-state index contributed by atoms with van der Waals surface area (Å²) >= 11 is 0. The van der Waals surface area contributed by atoms with Gasteiger partial charge in [0, 0.05) is 6.54 Å². The maximum atomic E-state index is 14.0. The largest absolute Gasteiger partial charge is 0.491 e. The van der Waals surface area contributed by atoms with E-state index >= 15 is 0 Å². The molecule has 0 amide bonds. The molecule has 5 rings (SSSR count). The number of nitrogens with zero attached hydrogens (tertiary/aromatic N) is 7. The Bertz CT molecular complexity index is 1610. The van der Waals surface area contributed by atoms with E-state index in [1.807, 2.05) is 68.1 Å². The maximum Gasteiger partial charge on any atom is 0.266 e. The zero-order valence-corrected chi connectivity index (χ0v) is 20.5. The van der Waals surface area contributed by atoms with Crippen molar-refractivity contribution in [1.82, 2.24) is 34.0 Å². The number of anilines is 1. The first-order valence-electron chi connectivity index (χ1n) is 11.7. The van der Waals surface area contributed by atoms with E-state index < -0.39 is 0 Å². The predicted octanol–water partition coefficient (Wildman–Crippen LogP) is 2.79. The van der Waals surface area contributed by atoms with E-state index in [2.05, 4.69) is 19.9 Å². The summed E-state index contributed by atoms with van der Waals surface area (Å²) < 4.78 is 9.59. The minimum absolute atomic E-state index is 0.156. The van der Waals surface area contributed by atoms with Gasteiger partial charge in [0.25, 0.3) is 5.56 Å². The first-order chi connectivity index (χ1) is 17.4. The van der Waals surface area contributed by atoms with Gasteiger partial charge >= 0.3 is 0 Å². The molecule has 2 N–H and O–H groups in total. The topological polar surface area (TPSA) is 117 Å². The minimum atomic E-state index is -0.156. The molecule has 10 heteroatoms. The van der Waals surface area contributed by atoms with Crippen LogP contribution in [0.25, 0.3) is 27.8 Å². The van der Waals surface area contributed by atoms with Crippen LogP contribution in [0.15, 0.2) is 59.9 Å². The highest BCUT2D eigenvalue weighted by molar-refractivity contribution is 5.82. The van der Waals surface area contributed by atoms with Gasteiger partial charge in [-0.15, -0.1) is 0 Å². The Morgan fingerprint density at radius 3 is 2.72 bits per heavy atom. The standard InChI is InChI=1S/C26H28N8O2/c1-17-8-6-9-18-22(17)26(35)34(19-10-4-5-11-20(19)36-13-7-12-32(2)3)21(31-18)14-33-16-30-23-24(27)28-15-29-25(23)33/h4-6,8-11,15-16H,7,12-14H2,1-3H3,(H2,27,28,29). The van der Waals surface area contributed by atoms with Gasteiger partial charge in [0.1, 0.15) is 23.4 Å². The third-order valence-corrected chi connectivity index (χ3v) is 6.03. The molecule has 0 saturated carbocycles. The number of aryl methyl sites for hydroxylation is 1. The monoisotopic (exact) mass is 484 g/mol. The average molecular weight is 485 g/mol. The van der Waals surface area contributed by atoms with Crippen molar-refractivity contribution in [2.24, 2.45) is 0 Å². The number of nitrogens with two attached hydrogens (primary N) is 1. The molecule has 3 aromatic heterocycles. The fourth-order valence-corrected chi connectivity index (χ4v) is 4.29. The molecule has 0 aliphatic heterocycles. The van der Waals surface area contributed by atoms with E-state index in [1.54, 1.807) is 10.9 Å². The Morgan fingerprint density at radius 1 is 1.06 bits per heavy atom. The van der Waals surface area contributed by atoms with Crippen molar-refractivity contribution < 1.29 is 4.74 Å². The van der Waals surface area contributed by atoms with Gasteiger partial charge in [-0.05, 0) is 51.2 Å². The second-order valence-corrected chi connectivity index (χ2v) is 8.91. The van der Waals surface area contributed by atoms with Gasteiger partial charge in [-0.2, -0.15) is 0 Å². The Kier molecular flexibility index (Phi) is 6.34. The van der Waals surface area contributed by atoms with Gasteiger partial charge < -0.3 is 19.9 Å². The number of ether oxygens (including phenoxy) is 1. The smallest absolute Gasteiger partial charge is 0.266 e. The molecule has 3 heterocycles. The fraction of sp³-hybridized carbons (Fsp3) is 0.269. The summed E-state index contributed by atoms with van der Waals surface area (Å²) in [5, 5.41) is 0.575. The molecule has 5 aromatic rings. The van der Waals surface area contributed by atoms with Gasteiger partial charge in [-0.25, -0.2) is 19.9 Å². The lowest BCUT2D eigenvalue weighted by molar-refractivity contribution is 0.281. The summed E-state index contributed by atoms with van der Waals surface area (Å²) in [5.41, 5.74) is 9.03. The maximum absolute atomic E-state index is 14.0. The van der Waals surface area contributed by atoms with Crippen LogP contribution in [-0.4, -0.2) is 61.2 Å². The van der Waals surface area contributed by atoms with Crippen LogP contribution >= 0.6 is 0 Å². The Balaban J connectivity index is 1.66. The fourth-order valence-electron chi connectivity index (χ4n) is 4.29. The molecule has 36 heavy (non-hydrogen) atoms. The normalized spacial score (nSPS) is 11.6. The van der Waals surface area contributed by atoms with Gasteiger partial charge in [0.15, 0.2) is 11.5 Å². The van der Waals surface area contributed by atoms with E-state index in [1.165, 1.54) is 6.33 Å². The first kappa shape index (κ1) is 23.4. The number of rotatable bonds is 8. The Labute approximate surface area is 208 Å². The summed E-state index contributed by atoms with van der Waals surface area (Å²) in [4.78, 5) is 33.7. The minimum Gasteiger partial charge on any atom is -0.491 e. The lowest BCUT2D eigenvalue weighted by atomic mass is 10.1. The zero-order valence-electron chi connectivity index (χ0n) is 20.5. The van der Waals surface area contributed by atoms with Crippen LogP contribution < -0.4 is 16.0 Å². The van der Waals surface area contributed by atoms with Crippen molar-refractivity contribution in [3.63, 3.8) is 0 Å². The quantitative estimate of drug-likeness (QED) is 0.334. The molecule has 0 aliphatic carbocycles. The van der Waals surface area contributed by atoms with Gasteiger partial charge in [-0.1, -0.05) is 24.3 Å². The summed E-state index contributed by atoms with van der Waals surface area (Å²) in [7, 11) is 4.06. The molecule has 0 atom stereocenters. The van der Waals surface area contributed by atoms with Crippen LogP contribution in [0.3, 0.4) is 0 Å². The van der Waals surface area contributed by atoms with Crippen molar-refractivity contribution in [1.29, 1.82) is 0 Å². The van der Waals surface area contributed by atoms with E-state index in [4.69, 9.17) is 15.5 Å². The number of hydrogen-bond donors (Lipinski definition) is 1. The van der Waals surface area contributed by atoms with Crippen LogP contribution in [0.1, 0.15) is 17.8 Å². The number of hydrogen-bond acceptors (Lipinski definition) is 8. The Hall–Kier alpha value is -4.31. The lowest BCUT2D eigenvalue weighted by Gasteiger charge is -2.18. The van der Waals surface area contributed by atoms with Crippen LogP contribution in [-0.2, 0) is 6.54 Å². The summed E-state index contributed by atoms with van der Waals surface area (Å²) in [6, 6.07) is 13.2. The van der Waals surface area contributed by atoms with Crippen molar-refractivity contribution in [3.05, 3.63) is 76.9 Å². The number of fused-ring (bicyclic) bond motifs is 2. The SMILES string of the molecule is Cc1cccc2nc(Cn3cnc4c(N)ncnc43)n(-c3ccccc3OCCCN(C)C)c(=O)c12. The molecule has 0 bridgehead atoms. The van der Waals surface area contributed by atoms with Crippen molar-refractivity contribution in [3.8, 4) is 11.4 Å². The van der Waals surface area contributed by atoms with E-state index in [9.17, 15) is 4.79 Å². The van der Waals surface area contributed by atoms with Crippen LogP contribution in [0, 0.1) is 6.92 Å². The number of para-hydroxylation sites is 2. The molecule has 184 valence electrons. The summed E-state index contributed by atoms with van der Waals surface area (Å²) in [5.74, 6) is 1.45. The molecule has 0 spiro atoms. The highest BCUT2D eigenvalue weighted by Crippen LogP contribution is 2.25. The molecule has 10 nitrogen and oxygen atoms in total. The van der Waals surface area contributed by atoms with Crippen molar-refractivity contribution in [2.45, 2.75) is 19.9 Å².